The van der Waals surface area contributed by atoms with Crippen molar-refractivity contribution in [1.29, 1.82) is 0 Å². The summed E-state index contributed by atoms with van der Waals surface area (Å²) in [6.45, 7) is 0. The summed E-state index contributed by atoms with van der Waals surface area (Å²) in [5.74, 6) is 1.49. The first-order chi connectivity index (χ1) is 7.36. The average Bonchev–Trinajstić information content (AvgIpc) is 2.84. The van der Waals surface area contributed by atoms with Crippen molar-refractivity contribution in [1.82, 2.24) is 14.8 Å². The van der Waals surface area contributed by atoms with Crippen LogP contribution in [0.3, 0.4) is 0 Å². The first-order valence-corrected chi connectivity index (χ1v) is 5.70. The van der Waals surface area contributed by atoms with E-state index in [-0.39, 0.29) is 0 Å². The van der Waals surface area contributed by atoms with Crippen molar-refractivity contribution in [3.8, 4) is 5.69 Å². The van der Waals surface area contributed by atoms with Gasteiger partial charge in [-0.2, -0.15) is 5.10 Å². The molecule has 0 atom stereocenters. The predicted molar refractivity (Wildman–Crippen MR) is 56.6 cm³/mol. The molecule has 15 heavy (non-hydrogen) atoms. The van der Waals surface area contributed by atoms with Gasteiger partial charge in [-0.1, -0.05) is 0 Å². The van der Waals surface area contributed by atoms with E-state index in [1.807, 2.05) is 11.4 Å². The Morgan fingerprint density at radius 2 is 2.40 bits per heavy atom. The van der Waals surface area contributed by atoms with Crippen LogP contribution in [0.15, 0.2) is 17.8 Å². The Morgan fingerprint density at radius 1 is 1.53 bits per heavy atom. The Morgan fingerprint density at radius 3 is 3.07 bits per heavy atom. The number of nitrogens with zero attached hydrogens (tertiary/aromatic N) is 3. The van der Waals surface area contributed by atoms with Crippen molar-refractivity contribution in [3.63, 3.8) is 0 Å². The minimum absolute atomic E-state index is 0.565. The highest BCUT2D eigenvalue weighted by Gasteiger charge is 2.27. The van der Waals surface area contributed by atoms with Gasteiger partial charge in [0.05, 0.1) is 10.6 Å². The molecule has 1 fully saturated rings. The van der Waals surface area contributed by atoms with Crippen LogP contribution in [0, 0.1) is 0 Å². The summed E-state index contributed by atoms with van der Waals surface area (Å²) in [5, 5.41) is 6.30. The van der Waals surface area contributed by atoms with E-state index in [0.717, 1.165) is 17.8 Å². The molecule has 1 saturated carbocycles. The van der Waals surface area contributed by atoms with Gasteiger partial charge in [0.15, 0.2) is 12.1 Å². The molecule has 0 bridgehead atoms. The lowest BCUT2D eigenvalue weighted by atomic mass is 10.4. The summed E-state index contributed by atoms with van der Waals surface area (Å²) < 4.78 is 1.73. The van der Waals surface area contributed by atoms with Gasteiger partial charge < -0.3 is 0 Å². The van der Waals surface area contributed by atoms with Gasteiger partial charge in [0.25, 0.3) is 0 Å². The number of aromatic nitrogens is 3. The highest BCUT2D eigenvalue weighted by Crippen LogP contribution is 2.37. The molecule has 76 valence electrons. The van der Waals surface area contributed by atoms with Crippen molar-refractivity contribution < 1.29 is 4.79 Å². The van der Waals surface area contributed by atoms with E-state index in [2.05, 4.69) is 10.1 Å². The molecule has 0 unspecified atom stereocenters. The van der Waals surface area contributed by atoms with Crippen molar-refractivity contribution >= 4 is 17.6 Å². The highest BCUT2D eigenvalue weighted by molar-refractivity contribution is 7.12. The second-order valence-electron chi connectivity index (χ2n) is 3.65. The summed E-state index contributed by atoms with van der Waals surface area (Å²) in [6, 6.07) is 1.82. The van der Waals surface area contributed by atoms with Crippen LogP contribution >= 0.6 is 11.3 Å². The van der Waals surface area contributed by atoms with E-state index < -0.39 is 0 Å². The molecule has 1 aliphatic rings. The third-order valence-corrected chi connectivity index (χ3v) is 3.28. The lowest BCUT2D eigenvalue weighted by molar-refractivity contribution is 0.112. The van der Waals surface area contributed by atoms with Crippen molar-refractivity contribution in [2.24, 2.45) is 0 Å². The zero-order valence-corrected chi connectivity index (χ0v) is 8.78. The third-order valence-electron chi connectivity index (χ3n) is 2.44. The summed E-state index contributed by atoms with van der Waals surface area (Å²) >= 11 is 1.42. The summed E-state index contributed by atoms with van der Waals surface area (Å²) in [7, 11) is 0. The average molecular weight is 219 g/mol. The van der Waals surface area contributed by atoms with Gasteiger partial charge in [-0.05, 0) is 18.9 Å². The van der Waals surface area contributed by atoms with E-state index in [9.17, 15) is 4.79 Å². The van der Waals surface area contributed by atoms with Crippen LogP contribution in [0.25, 0.3) is 5.69 Å². The summed E-state index contributed by atoms with van der Waals surface area (Å²) in [5.41, 5.74) is 0.918. The molecule has 2 aromatic rings. The van der Waals surface area contributed by atoms with Gasteiger partial charge in [0.1, 0.15) is 6.33 Å². The van der Waals surface area contributed by atoms with Gasteiger partial charge in [-0.15, -0.1) is 11.3 Å². The monoisotopic (exact) mass is 219 g/mol. The Bertz CT molecular complexity index is 498. The van der Waals surface area contributed by atoms with Crippen LogP contribution in [0.1, 0.15) is 34.3 Å². The van der Waals surface area contributed by atoms with Crippen molar-refractivity contribution in [3.05, 3.63) is 28.5 Å². The molecule has 0 spiro atoms. The highest BCUT2D eigenvalue weighted by atomic mass is 32.1. The number of hydrogen-bond donors (Lipinski definition) is 0. The lowest BCUT2D eigenvalue weighted by Gasteiger charge is -1.92. The Hall–Kier alpha value is -1.49. The molecular weight excluding hydrogens is 210 g/mol. The fourth-order valence-corrected chi connectivity index (χ4v) is 2.13. The number of carbonyl (C=O) groups is 1. The van der Waals surface area contributed by atoms with Crippen LogP contribution in [0.4, 0.5) is 0 Å². The van der Waals surface area contributed by atoms with E-state index in [0.29, 0.717) is 10.8 Å². The number of aldehydes is 1. The van der Waals surface area contributed by atoms with Crippen LogP contribution in [0.5, 0.6) is 0 Å². The number of carbonyl (C=O) groups excluding carboxylic acids is 1. The fraction of sp³-hybridized carbons (Fsp3) is 0.300. The molecule has 0 radical (unpaired) electrons. The molecule has 5 heteroatoms. The third kappa shape index (κ3) is 1.59. The molecule has 2 aromatic heterocycles. The molecule has 0 saturated heterocycles. The molecule has 4 nitrogen and oxygen atoms in total. The standard InChI is InChI=1S/C10H9N3OS/c14-4-9-3-8(5-15-9)13-6-11-10(12-13)7-1-2-7/h3-7H,1-2H2. The SMILES string of the molecule is O=Cc1cc(-n2cnc(C3CC3)n2)cs1. The minimum Gasteiger partial charge on any atom is -0.297 e. The fourth-order valence-electron chi connectivity index (χ4n) is 1.45. The van der Waals surface area contributed by atoms with Gasteiger partial charge in [-0.3, -0.25) is 4.79 Å². The minimum atomic E-state index is 0.565. The molecule has 0 amide bonds. The van der Waals surface area contributed by atoms with Gasteiger partial charge in [0.2, 0.25) is 0 Å². The molecule has 0 aliphatic heterocycles. The van der Waals surface area contributed by atoms with E-state index >= 15 is 0 Å². The van der Waals surface area contributed by atoms with Crippen LogP contribution in [-0.4, -0.2) is 21.1 Å². The maximum absolute atomic E-state index is 10.5. The van der Waals surface area contributed by atoms with E-state index in [1.165, 1.54) is 24.2 Å². The maximum atomic E-state index is 10.5. The molecule has 0 N–H and O–H groups in total. The first kappa shape index (κ1) is 8.79. The van der Waals surface area contributed by atoms with E-state index in [1.54, 1.807) is 11.0 Å². The zero-order valence-electron chi connectivity index (χ0n) is 7.96. The number of hydrogen-bond acceptors (Lipinski definition) is 4. The Kier molecular flexibility index (Phi) is 1.92. The second-order valence-corrected chi connectivity index (χ2v) is 4.59. The van der Waals surface area contributed by atoms with Crippen molar-refractivity contribution in [2.75, 3.05) is 0 Å². The maximum Gasteiger partial charge on any atom is 0.160 e. The molecule has 2 heterocycles. The molecule has 0 aromatic carbocycles. The molecule has 3 rings (SSSR count). The van der Waals surface area contributed by atoms with Crippen molar-refractivity contribution in [2.45, 2.75) is 18.8 Å². The molecular formula is C10H9N3OS. The van der Waals surface area contributed by atoms with Gasteiger partial charge in [-0.25, -0.2) is 9.67 Å². The summed E-state index contributed by atoms with van der Waals surface area (Å²) in [4.78, 5) is 15.5. The van der Waals surface area contributed by atoms with Crippen LogP contribution in [0.2, 0.25) is 0 Å². The molecule has 1 aliphatic carbocycles. The van der Waals surface area contributed by atoms with E-state index in [4.69, 9.17) is 0 Å². The zero-order chi connectivity index (χ0) is 10.3. The normalized spacial score (nSPS) is 15.5. The Balaban J connectivity index is 1.93. The quantitative estimate of drug-likeness (QED) is 0.742. The lowest BCUT2D eigenvalue weighted by Crippen LogP contribution is -1.93. The predicted octanol–water partition coefficient (Wildman–Crippen LogP) is 2.02. The number of rotatable bonds is 3. The Labute approximate surface area is 90.6 Å². The first-order valence-electron chi connectivity index (χ1n) is 4.82. The topological polar surface area (TPSA) is 47.8 Å². The number of thiophene rings is 1. The second kappa shape index (κ2) is 3.27. The van der Waals surface area contributed by atoms with Gasteiger partial charge in [0, 0.05) is 11.3 Å². The van der Waals surface area contributed by atoms with Crippen LogP contribution < -0.4 is 0 Å². The smallest absolute Gasteiger partial charge is 0.160 e. The van der Waals surface area contributed by atoms with Crippen LogP contribution in [-0.2, 0) is 0 Å². The largest absolute Gasteiger partial charge is 0.297 e. The van der Waals surface area contributed by atoms with Gasteiger partial charge >= 0.3 is 0 Å². The summed E-state index contributed by atoms with van der Waals surface area (Å²) in [6.07, 6.45) is 4.97.